The molecule has 0 saturated carbocycles. The fourth-order valence-electron chi connectivity index (χ4n) is 5.49. The molecule has 0 aliphatic heterocycles. The summed E-state index contributed by atoms with van der Waals surface area (Å²) in [6.45, 7) is 0. The van der Waals surface area contributed by atoms with Gasteiger partial charge in [0, 0.05) is 25.1 Å². The van der Waals surface area contributed by atoms with Crippen molar-refractivity contribution in [3.8, 4) is 0 Å². The molecular formula is C36H38P2Rh. The molecule has 1 radical (unpaired) electrons. The smallest absolute Gasteiger partial charge is 0.00810 e. The summed E-state index contributed by atoms with van der Waals surface area (Å²) in [5, 5.41) is 6.00. The molecule has 4 aromatic carbocycles. The fraction of sp³-hybridized carbons (Fsp3) is 0.222. The Balaban J connectivity index is 0.00000353. The maximum atomic E-state index is 2.60. The minimum Gasteiger partial charge on any atom is -0.0882 e. The summed E-state index contributed by atoms with van der Waals surface area (Å²) in [4.78, 5) is 0. The zero-order valence-corrected chi connectivity index (χ0v) is 26.0. The summed E-state index contributed by atoms with van der Waals surface area (Å²) in [7, 11) is -0.842. The first-order valence-corrected chi connectivity index (χ1v) is 16.9. The van der Waals surface area contributed by atoms with E-state index in [1.54, 1.807) is 5.57 Å². The van der Waals surface area contributed by atoms with E-state index in [1.807, 2.05) is 0 Å². The van der Waals surface area contributed by atoms with Crippen LogP contribution in [0.25, 0.3) is 0 Å². The van der Waals surface area contributed by atoms with Gasteiger partial charge in [0.05, 0.1) is 0 Å². The van der Waals surface area contributed by atoms with E-state index in [0.717, 1.165) is 19.3 Å². The summed E-state index contributed by atoms with van der Waals surface area (Å²) in [6.07, 6.45) is 15.8. The quantitative estimate of drug-likeness (QED) is 0.0933. The monoisotopic (exact) mass is 635 g/mol. The average Bonchev–Trinajstić information content (AvgIpc) is 2.97. The molecule has 0 bridgehead atoms. The molecular weight excluding hydrogens is 597 g/mol. The van der Waals surface area contributed by atoms with Crippen LogP contribution in [-0.2, 0) is 19.5 Å². The maximum absolute atomic E-state index is 2.60. The Morgan fingerprint density at radius 2 is 1.00 bits per heavy atom. The second-order valence-corrected chi connectivity index (χ2v) is 14.6. The van der Waals surface area contributed by atoms with E-state index in [9.17, 15) is 0 Å². The molecule has 0 aromatic heterocycles. The van der Waals surface area contributed by atoms with Crippen molar-refractivity contribution in [1.82, 2.24) is 0 Å². The summed E-state index contributed by atoms with van der Waals surface area (Å²) in [6, 6.07) is 45.1. The van der Waals surface area contributed by atoms with E-state index in [-0.39, 0.29) is 27.4 Å². The third-order valence-corrected chi connectivity index (χ3v) is 12.8. The normalized spacial score (nSPS) is 14.3. The van der Waals surface area contributed by atoms with Crippen LogP contribution >= 0.6 is 15.8 Å². The van der Waals surface area contributed by atoms with Gasteiger partial charge in [-0.15, -0.1) is 0 Å². The molecule has 0 N–H and O–H groups in total. The fourth-order valence-corrected chi connectivity index (χ4v) is 10.9. The van der Waals surface area contributed by atoms with Crippen LogP contribution < -0.4 is 21.2 Å². The van der Waals surface area contributed by atoms with Crippen molar-refractivity contribution in [3.05, 3.63) is 145 Å². The molecule has 0 heterocycles. The maximum Gasteiger partial charge on any atom is 0.00810 e. The summed E-state index contributed by atoms with van der Waals surface area (Å²) in [5.74, 6) is 0. The van der Waals surface area contributed by atoms with Gasteiger partial charge in [-0.1, -0.05) is 145 Å². The molecule has 0 spiro atoms. The van der Waals surface area contributed by atoms with Crippen LogP contribution in [0.15, 0.2) is 145 Å². The van der Waals surface area contributed by atoms with Gasteiger partial charge in [-0.05, 0) is 81.7 Å². The average molecular weight is 636 g/mol. The molecule has 0 nitrogen and oxygen atoms in total. The molecule has 201 valence electrons. The van der Waals surface area contributed by atoms with Gasteiger partial charge in [-0.3, -0.25) is 0 Å². The molecule has 0 fully saturated rings. The second kappa shape index (κ2) is 16.2. The van der Waals surface area contributed by atoms with Crippen LogP contribution in [0.5, 0.6) is 0 Å². The topological polar surface area (TPSA) is 0 Å². The molecule has 4 aromatic rings. The van der Waals surface area contributed by atoms with Crippen molar-refractivity contribution in [2.24, 2.45) is 0 Å². The van der Waals surface area contributed by atoms with Gasteiger partial charge in [0.2, 0.25) is 0 Å². The number of hydrogen-bond acceptors (Lipinski definition) is 0. The molecule has 1 unspecified atom stereocenters. The first kappa shape index (κ1) is 29.8. The van der Waals surface area contributed by atoms with Crippen molar-refractivity contribution in [3.63, 3.8) is 0 Å². The molecule has 0 saturated heterocycles. The van der Waals surface area contributed by atoms with Crippen molar-refractivity contribution >= 4 is 37.1 Å². The van der Waals surface area contributed by atoms with E-state index >= 15 is 0 Å². The Morgan fingerprint density at radius 3 is 1.51 bits per heavy atom. The first-order valence-electron chi connectivity index (χ1n) is 14.0. The van der Waals surface area contributed by atoms with Crippen LogP contribution in [0, 0.1) is 0 Å². The number of hydrogen-bond donors (Lipinski definition) is 0. The van der Waals surface area contributed by atoms with Crippen LogP contribution in [0.1, 0.15) is 38.5 Å². The third kappa shape index (κ3) is 8.42. The van der Waals surface area contributed by atoms with E-state index in [2.05, 4.69) is 140 Å². The SMILES string of the molecule is C1=CCCC(C(CCCP(c2ccccc2)c2ccccc2)P(c2ccccc2)c2ccccc2)=CCC1.[Rh]. The predicted octanol–water partition coefficient (Wildman–Crippen LogP) is 8.46. The number of rotatable bonds is 10. The van der Waals surface area contributed by atoms with E-state index < -0.39 is 7.92 Å². The Morgan fingerprint density at radius 1 is 0.538 bits per heavy atom. The van der Waals surface area contributed by atoms with Crippen molar-refractivity contribution in [2.75, 3.05) is 6.16 Å². The molecule has 3 heteroatoms. The van der Waals surface area contributed by atoms with Gasteiger partial charge in [-0.2, -0.15) is 0 Å². The Labute approximate surface area is 250 Å². The van der Waals surface area contributed by atoms with Crippen LogP contribution in [-0.4, -0.2) is 11.8 Å². The first-order chi connectivity index (χ1) is 18.9. The van der Waals surface area contributed by atoms with Crippen molar-refractivity contribution in [1.29, 1.82) is 0 Å². The number of allylic oxidation sites excluding steroid dienone is 4. The number of benzene rings is 4. The molecule has 1 aliphatic rings. The third-order valence-electron chi connectivity index (χ3n) is 7.31. The van der Waals surface area contributed by atoms with Crippen LogP contribution in [0.4, 0.5) is 0 Å². The zero-order valence-electron chi connectivity index (χ0n) is 22.5. The summed E-state index contributed by atoms with van der Waals surface area (Å²) < 4.78 is 0. The standard InChI is InChI=1S/C36H38P2.Rh/c1-2-8-19-31(20-9-3-1)36(38(34-25-14-6-15-26-34)35-27-16-7-17-28-35)29-18-30-37(32-21-10-4-11-22-32)33-23-12-5-13-24-33;/h1-2,4-7,10-17,20-28,36H,3,8-9,18-19,29-30H2;. The summed E-state index contributed by atoms with van der Waals surface area (Å²) in [5.41, 5.74) is 2.27. The predicted molar refractivity (Wildman–Crippen MR) is 172 cm³/mol. The van der Waals surface area contributed by atoms with Gasteiger partial charge in [0.1, 0.15) is 0 Å². The van der Waals surface area contributed by atoms with Crippen molar-refractivity contribution in [2.45, 2.75) is 44.2 Å². The minimum atomic E-state index is -0.482. The molecule has 39 heavy (non-hydrogen) atoms. The van der Waals surface area contributed by atoms with Gasteiger partial charge in [-0.25, -0.2) is 0 Å². The Hall–Kier alpha value is -2.16. The zero-order chi connectivity index (χ0) is 25.8. The van der Waals surface area contributed by atoms with Crippen LogP contribution in [0.3, 0.4) is 0 Å². The Bertz CT molecular complexity index is 1210. The Kier molecular flexibility index (Phi) is 12.4. The largest absolute Gasteiger partial charge is 0.0882 e. The van der Waals surface area contributed by atoms with Gasteiger partial charge >= 0.3 is 0 Å². The summed E-state index contributed by atoms with van der Waals surface area (Å²) >= 11 is 0. The molecule has 5 rings (SSSR count). The van der Waals surface area contributed by atoms with E-state index in [1.165, 1.54) is 46.6 Å². The minimum absolute atomic E-state index is 0. The second-order valence-electron chi connectivity index (χ2n) is 9.89. The van der Waals surface area contributed by atoms with E-state index in [4.69, 9.17) is 0 Å². The van der Waals surface area contributed by atoms with Gasteiger partial charge < -0.3 is 0 Å². The van der Waals surface area contributed by atoms with E-state index in [0.29, 0.717) is 5.66 Å². The van der Waals surface area contributed by atoms with Crippen molar-refractivity contribution < 1.29 is 19.5 Å². The molecule has 1 aliphatic carbocycles. The van der Waals surface area contributed by atoms with Gasteiger partial charge in [0.25, 0.3) is 0 Å². The molecule has 1 atom stereocenters. The van der Waals surface area contributed by atoms with Gasteiger partial charge in [0.15, 0.2) is 0 Å². The van der Waals surface area contributed by atoms with Crippen LogP contribution in [0.2, 0.25) is 0 Å². The molecule has 0 amide bonds.